The number of hydrogen-bond acceptors (Lipinski definition) is 1. The molecule has 1 saturated heterocycles. The topological polar surface area (TPSA) is 3.24 Å². The van der Waals surface area contributed by atoms with E-state index >= 15 is 0 Å². The van der Waals surface area contributed by atoms with Gasteiger partial charge >= 0.3 is 0 Å². The number of piperidine rings is 1. The lowest BCUT2D eigenvalue weighted by Crippen LogP contribution is -2.57. The van der Waals surface area contributed by atoms with E-state index in [-0.39, 0.29) is 0 Å². The lowest BCUT2D eigenvalue weighted by Gasteiger charge is -2.57. The van der Waals surface area contributed by atoms with Gasteiger partial charge in [0.1, 0.15) is 0 Å². The maximum Gasteiger partial charge on any atom is 0.0145 e. The third-order valence-corrected chi connectivity index (χ3v) is 6.88. The summed E-state index contributed by atoms with van der Waals surface area (Å²) < 4.78 is 0. The summed E-state index contributed by atoms with van der Waals surface area (Å²) in [6.07, 6.45) is 5.01. The zero-order valence-corrected chi connectivity index (χ0v) is 16.0. The second-order valence-electron chi connectivity index (χ2n) is 9.07. The van der Waals surface area contributed by atoms with E-state index in [2.05, 4.69) is 80.3 Å². The molecule has 2 unspecified atom stereocenters. The van der Waals surface area contributed by atoms with E-state index in [1.54, 1.807) is 11.1 Å². The standard InChI is InChI=1S/C24H31N/c1-23(2,3)24-14-16-25(15-13-19-9-5-4-6-10-19)21(18-24)17-20-11-7-8-12-22(20)24/h4-12,21H,13-18H2,1-3H3. The summed E-state index contributed by atoms with van der Waals surface area (Å²) in [7, 11) is 0. The molecule has 0 N–H and O–H groups in total. The van der Waals surface area contributed by atoms with Crippen LogP contribution in [0.2, 0.25) is 0 Å². The molecule has 0 saturated carbocycles. The molecule has 2 aromatic carbocycles. The fraction of sp³-hybridized carbons (Fsp3) is 0.500. The fourth-order valence-corrected chi connectivity index (χ4v) is 5.31. The van der Waals surface area contributed by atoms with Crippen molar-refractivity contribution in [3.05, 3.63) is 71.3 Å². The summed E-state index contributed by atoms with van der Waals surface area (Å²) in [5, 5.41) is 0. The third-order valence-electron chi connectivity index (χ3n) is 6.88. The predicted molar refractivity (Wildman–Crippen MR) is 106 cm³/mol. The smallest absolute Gasteiger partial charge is 0.0145 e. The lowest BCUT2D eigenvalue weighted by molar-refractivity contribution is 0.0210. The quantitative estimate of drug-likeness (QED) is 0.743. The third kappa shape index (κ3) is 2.93. The monoisotopic (exact) mass is 333 g/mol. The highest BCUT2D eigenvalue weighted by atomic mass is 15.2. The van der Waals surface area contributed by atoms with Crippen molar-refractivity contribution in [2.24, 2.45) is 5.41 Å². The van der Waals surface area contributed by atoms with Gasteiger partial charge in [0.15, 0.2) is 0 Å². The van der Waals surface area contributed by atoms with E-state index in [1.165, 1.54) is 44.3 Å². The van der Waals surface area contributed by atoms with Gasteiger partial charge < -0.3 is 0 Å². The lowest BCUT2D eigenvalue weighted by atomic mass is 9.53. The molecule has 1 fully saturated rings. The van der Waals surface area contributed by atoms with Crippen molar-refractivity contribution in [3.8, 4) is 0 Å². The maximum absolute atomic E-state index is 2.77. The van der Waals surface area contributed by atoms with Crippen LogP contribution in [0.25, 0.3) is 0 Å². The first-order valence-corrected chi connectivity index (χ1v) is 9.86. The molecule has 0 aromatic heterocycles. The van der Waals surface area contributed by atoms with Crippen LogP contribution >= 0.6 is 0 Å². The van der Waals surface area contributed by atoms with Gasteiger partial charge in [0.2, 0.25) is 0 Å². The number of rotatable bonds is 3. The molecular weight excluding hydrogens is 302 g/mol. The van der Waals surface area contributed by atoms with Crippen LogP contribution in [-0.2, 0) is 18.3 Å². The summed E-state index contributed by atoms with van der Waals surface area (Å²) in [6, 6.07) is 20.9. The van der Waals surface area contributed by atoms with Crippen LogP contribution in [0.3, 0.4) is 0 Å². The van der Waals surface area contributed by atoms with E-state index in [0.29, 0.717) is 16.9 Å². The molecule has 0 amide bonds. The number of benzene rings is 2. The van der Waals surface area contributed by atoms with Gasteiger partial charge in [-0.25, -0.2) is 0 Å². The Bertz CT molecular complexity index is 727. The molecular formula is C24H31N. The highest BCUT2D eigenvalue weighted by Gasteiger charge is 2.51. The van der Waals surface area contributed by atoms with Crippen molar-refractivity contribution in [1.82, 2.24) is 4.90 Å². The van der Waals surface area contributed by atoms with Gasteiger partial charge in [-0.1, -0.05) is 75.4 Å². The Balaban J connectivity index is 1.59. The molecule has 1 nitrogen and oxygen atoms in total. The number of hydrogen-bond donors (Lipinski definition) is 0. The Labute approximate surface area is 153 Å². The van der Waals surface area contributed by atoms with Crippen LogP contribution in [0.1, 0.15) is 50.3 Å². The van der Waals surface area contributed by atoms with Crippen LogP contribution in [0.15, 0.2) is 54.6 Å². The van der Waals surface area contributed by atoms with Gasteiger partial charge in [-0.2, -0.15) is 0 Å². The summed E-state index contributed by atoms with van der Waals surface area (Å²) >= 11 is 0. The van der Waals surface area contributed by atoms with E-state index in [0.717, 1.165) is 0 Å². The van der Waals surface area contributed by atoms with Crippen molar-refractivity contribution < 1.29 is 0 Å². The van der Waals surface area contributed by atoms with Crippen LogP contribution in [0, 0.1) is 5.41 Å². The molecule has 2 aromatic rings. The highest BCUT2D eigenvalue weighted by molar-refractivity contribution is 5.41. The van der Waals surface area contributed by atoms with Crippen molar-refractivity contribution >= 4 is 0 Å². The molecule has 4 rings (SSSR count). The Morgan fingerprint density at radius 3 is 2.48 bits per heavy atom. The van der Waals surface area contributed by atoms with Gasteiger partial charge in [-0.15, -0.1) is 0 Å². The molecule has 2 aliphatic rings. The minimum atomic E-state index is 0.313. The summed E-state index contributed by atoms with van der Waals surface area (Å²) in [5.74, 6) is 0. The van der Waals surface area contributed by atoms with Crippen molar-refractivity contribution in [1.29, 1.82) is 0 Å². The maximum atomic E-state index is 2.77. The molecule has 0 radical (unpaired) electrons. The Hall–Kier alpha value is -1.60. The summed E-state index contributed by atoms with van der Waals surface area (Å²) in [4.78, 5) is 2.77. The zero-order chi connectivity index (χ0) is 17.5. The van der Waals surface area contributed by atoms with Gasteiger partial charge in [-0.3, -0.25) is 4.90 Å². The predicted octanol–water partition coefficient (Wildman–Crippen LogP) is 5.23. The largest absolute Gasteiger partial charge is 0.300 e. The van der Waals surface area contributed by atoms with Gasteiger partial charge in [0.25, 0.3) is 0 Å². The second kappa shape index (κ2) is 6.29. The van der Waals surface area contributed by atoms with E-state index in [1.807, 2.05) is 0 Å². The van der Waals surface area contributed by atoms with E-state index in [4.69, 9.17) is 0 Å². The van der Waals surface area contributed by atoms with Crippen molar-refractivity contribution in [2.75, 3.05) is 13.1 Å². The number of nitrogens with zero attached hydrogens (tertiary/aromatic N) is 1. The van der Waals surface area contributed by atoms with Crippen molar-refractivity contribution in [3.63, 3.8) is 0 Å². The molecule has 132 valence electrons. The Kier molecular flexibility index (Phi) is 4.24. The molecule has 1 aliphatic heterocycles. The highest BCUT2D eigenvalue weighted by Crippen LogP contribution is 2.54. The Morgan fingerprint density at radius 1 is 1.00 bits per heavy atom. The van der Waals surface area contributed by atoms with Gasteiger partial charge in [-0.05, 0) is 54.3 Å². The molecule has 0 spiro atoms. The minimum absolute atomic E-state index is 0.313. The normalized spacial score (nSPS) is 26.3. The van der Waals surface area contributed by atoms with Crippen LogP contribution in [0.4, 0.5) is 0 Å². The second-order valence-corrected chi connectivity index (χ2v) is 9.07. The van der Waals surface area contributed by atoms with Gasteiger partial charge in [0.05, 0.1) is 0 Å². The van der Waals surface area contributed by atoms with E-state index in [9.17, 15) is 0 Å². The van der Waals surface area contributed by atoms with Crippen LogP contribution in [-0.4, -0.2) is 24.0 Å². The average Bonchev–Trinajstić information content (AvgIpc) is 2.61. The van der Waals surface area contributed by atoms with E-state index < -0.39 is 0 Å². The molecule has 1 aliphatic carbocycles. The molecule has 2 bridgehead atoms. The Morgan fingerprint density at radius 2 is 1.72 bits per heavy atom. The van der Waals surface area contributed by atoms with Gasteiger partial charge in [0, 0.05) is 18.0 Å². The number of fused-ring (bicyclic) bond motifs is 4. The molecule has 1 heterocycles. The minimum Gasteiger partial charge on any atom is -0.300 e. The molecule has 1 heteroatoms. The number of likely N-dealkylation sites (tertiary alicyclic amines) is 1. The SMILES string of the molecule is CC(C)(C)C12CCN(CCc3ccccc3)C(Cc3ccccc31)C2. The zero-order valence-electron chi connectivity index (χ0n) is 16.0. The average molecular weight is 334 g/mol. The first kappa shape index (κ1) is 16.8. The molecule has 2 atom stereocenters. The summed E-state index contributed by atoms with van der Waals surface area (Å²) in [5.41, 5.74) is 5.36. The van der Waals surface area contributed by atoms with Crippen LogP contribution < -0.4 is 0 Å². The summed E-state index contributed by atoms with van der Waals surface area (Å²) in [6.45, 7) is 9.78. The van der Waals surface area contributed by atoms with Crippen molar-refractivity contribution in [2.45, 2.75) is 57.9 Å². The fourth-order valence-electron chi connectivity index (χ4n) is 5.31. The molecule has 25 heavy (non-hydrogen) atoms. The van der Waals surface area contributed by atoms with Crippen LogP contribution in [0.5, 0.6) is 0 Å². The first-order valence-electron chi connectivity index (χ1n) is 9.86. The first-order chi connectivity index (χ1) is 12.0.